The highest BCUT2D eigenvalue weighted by molar-refractivity contribution is 7.14. The molecule has 0 aliphatic carbocycles. The van der Waals surface area contributed by atoms with Gasteiger partial charge in [0, 0.05) is 18.0 Å². The van der Waals surface area contributed by atoms with E-state index < -0.39 is 0 Å². The van der Waals surface area contributed by atoms with Crippen molar-refractivity contribution in [1.82, 2.24) is 14.3 Å². The Balaban J connectivity index is 1.25. The lowest BCUT2D eigenvalue weighted by Crippen LogP contribution is -2.23. The van der Waals surface area contributed by atoms with Gasteiger partial charge in [-0.15, -0.1) is 11.3 Å². The molecule has 0 spiro atoms. The number of amides is 2. The van der Waals surface area contributed by atoms with Crippen LogP contribution in [0.15, 0.2) is 58.7 Å². The third-order valence-electron chi connectivity index (χ3n) is 5.57. The lowest BCUT2D eigenvalue weighted by atomic mass is 10.2. The van der Waals surface area contributed by atoms with E-state index in [1.165, 1.54) is 16.0 Å². The van der Waals surface area contributed by atoms with E-state index in [0.29, 0.717) is 39.3 Å². The Morgan fingerprint density at radius 1 is 1.09 bits per heavy atom. The minimum Gasteiger partial charge on any atom is -0.454 e. The maximum atomic E-state index is 13.0. The van der Waals surface area contributed by atoms with Gasteiger partial charge in [-0.3, -0.25) is 24.4 Å². The summed E-state index contributed by atoms with van der Waals surface area (Å²) in [6.45, 7) is 1.89. The van der Waals surface area contributed by atoms with Gasteiger partial charge in [0.1, 0.15) is 5.69 Å². The average Bonchev–Trinajstić information content (AvgIpc) is 3.55. The number of thiazole rings is 1. The second-order valence-corrected chi connectivity index (χ2v) is 8.69. The average molecular weight is 492 g/mol. The summed E-state index contributed by atoms with van der Waals surface area (Å²) >= 11 is 1.21. The van der Waals surface area contributed by atoms with E-state index in [9.17, 15) is 14.4 Å². The number of para-hydroxylation sites is 1. The molecule has 3 heterocycles. The van der Waals surface area contributed by atoms with Crippen LogP contribution in [0.1, 0.15) is 21.7 Å². The molecule has 0 unspecified atom stereocenters. The number of fused-ring (bicyclic) bond motifs is 1. The Morgan fingerprint density at radius 2 is 1.86 bits per heavy atom. The van der Waals surface area contributed by atoms with Crippen LogP contribution < -0.4 is 25.7 Å². The Morgan fingerprint density at radius 3 is 2.66 bits per heavy atom. The van der Waals surface area contributed by atoms with Gasteiger partial charge in [-0.1, -0.05) is 18.2 Å². The topological polar surface area (TPSA) is 116 Å². The van der Waals surface area contributed by atoms with E-state index >= 15 is 0 Å². The molecular formula is C24H21N5O5S. The van der Waals surface area contributed by atoms with Gasteiger partial charge < -0.3 is 14.8 Å². The van der Waals surface area contributed by atoms with Crippen molar-refractivity contribution in [2.75, 3.05) is 17.4 Å². The molecule has 1 aliphatic rings. The van der Waals surface area contributed by atoms with Gasteiger partial charge in [-0.25, -0.2) is 9.67 Å². The minimum absolute atomic E-state index is 0.0461. The summed E-state index contributed by atoms with van der Waals surface area (Å²) in [4.78, 5) is 42.5. The van der Waals surface area contributed by atoms with Crippen LogP contribution in [0, 0.1) is 6.92 Å². The molecule has 11 heteroatoms. The number of aromatic nitrogens is 3. The van der Waals surface area contributed by atoms with Crippen LogP contribution in [-0.2, 0) is 18.3 Å². The molecule has 5 rings (SSSR count). The number of ether oxygens (including phenoxy) is 2. The standard InChI is InChI=1S/C24H21N5O5S/c1-14-21(23(32)29(28(14)2)17-6-4-3-5-7-17)26-20(30)11-16-12-35-24(25-16)27-22(31)15-8-9-18-19(10-15)34-13-33-18/h3-10,12H,11,13H2,1-2H3,(H,26,30)(H,25,27,31). The number of anilines is 2. The molecule has 0 atom stereocenters. The van der Waals surface area contributed by atoms with E-state index in [0.717, 1.165) is 0 Å². The van der Waals surface area contributed by atoms with Crippen molar-refractivity contribution >= 4 is 34.0 Å². The molecule has 0 fully saturated rings. The summed E-state index contributed by atoms with van der Waals surface area (Å²) in [5.41, 5.74) is 2.10. The Hall–Kier alpha value is -4.38. The molecule has 35 heavy (non-hydrogen) atoms. The lowest BCUT2D eigenvalue weighted by Gasteiger charge is -2.07. The van der Waals surface area contributed by atoms with Crippen LogP contribution in [0.25, 0.3) is 5.69 Å². The van der Waals surface area contributed by atoms with Gasteiger partial charge >= 0.3 is 0 Å². The van der Waals surface area contributed by atoms with Gasteiger partial charge in [0.15, 0.2) is 16.6 Å². The molecular weight excluding hydrogens is 470 g/mol. The minimum atomic E-state index is -0.380. The predicted molar refractivity (Wildman–Crippen MR) is 131 cm³/mol. The van der Waals surface area contributed by atoms with Crippen molar-refractivity contribution < 1.29 is 19.1 Å². The molecule has 178 valence electrons. The number of rotatable bonds is 6. The number of carbonyl (C=O) groups is 2. The molecule has 4 aromatic rings. The second kappa shape index (κ2) is 9.11. The zero-order valence-electron chi connectivity index (χ0n) is 18.9. The van der Waals surface area contributed by atoms with Crippen LogP contribution in [0.2, 0.25) is 0 Å². The highest BCUT2D eigenvalue weighted by Crippen LogP contribution is 2.32. The van der Waals surface area contributed by atoms with Gasteiger partial charge in [0.25, 0.3) is 11.5 Å². The van der Waals surface area contributed by atoms with Gasteiger partial charge in [-0.2, -0.15) is 0 Å². The van der Waals surface area contributed by atoms with Crippen molar-refractivity contribution in [3.8, 4) is 17.2 Å². The highest BCUT2D eigenvalue weighted by atomic mass is 32.1. The zero-order valence-corrected chi connectivity index (χ0v) is 19.7. The van der Waals surface area contributed by atoms with Gasteiger partial charge in [0.05, 0.1) is 23.5 Å². The molecule has 0 radical (unpaired) electrons. The normalized spacial score (nSPS) is 11.9. The molecule has 0 bridgehead atoms. The van der Waals surface area contributed by atoms with E-state index in [1.54, 1.807) is 42.2 Å². The predicted octanol–water partition coefficient (Wildman–Crippen LogP) is 3.10. The number of nitrogens with one attached hydrogen (secondary N) is 2. The van der Waals surface area contributed by atoms with Crippen molar-refractivity contribution in [2.45, 2.75) is 13.3 Å². The van der Waals surface area contributed by atoms with E-state index in [4.69, 9.17) is 9.47 Å². The molecule has 2 amide bonds. The quantitative estimate of drug-likeness (QED) is 0.428. The van der Waals surface area contributed by atoms with Crippen LogP contribution in [0.3, 0.4) is 0 Å². The molecule has 1 aliphatic heterocycles. The van der Waals surface area contributed by atoms with Crippen LogP contribution in [0.5, 0.6) is 11.5 Å². The maximum absolute atomic E-state index is 13.0. The number of benzene rings is 2. The first-order valence-electron chi connectivity index (χ1n) is 10.7. The van der Waals surface area contributed by atoms with Crippen molar-refractivity contribution in [1.29, 1.82) is 0 Å². The first-order valence-corrected chi connectivity index (χ1v) is 11.6. The number of nitrogens with zero attached hydrogens (tertiary/aromatic N) is 3. The molecule has 10 nitrogen and oxygen atoms in total. The summed E-state index contributed by atoms with van der Waals surface area (Å²) in [6, 6.07) is 14.1. The maximum Gasteiger partial charge on any atom is 0.295 e. The second-order valence-electron chi connectivity index (χ2n) is 7.83. The van der Waals surface area contributed by atoms with Crippen molar-refractivity contribution in [2.24, 2.45) is 7.05 Å². The smallest absolute Gasteiger partial charge is 0.295 e. The summed E-state index contributed by atoms with van der Waals surface area (Å²) in [5, 5.41) is 7.49. The van der Waals surface area contributed by atoms with Crippen LogP contribution >= 0.6 is 11.3 Å². The molecule has 0 saturated heterocycles. The van der Waals surface area contributed by atoms with E-state index in [-0.39, 0.29) is 36.3 Å². The fraction of sp³-hybridized carbons (Fsp3) is 0.167. The number of carbonyl (C=O) groups excluding carboxylic acids is 2. The van der Waals surface area contributed by atoms with Crippen molar-refractivity contribution in [3.63, 3.8) is 0 Å². The fourth-order valence-electron chi connectivity index (χ4n) is 3.71. The number of hydrogen-bond donors (Lipinski definition) is 2. The third-order valence-corrected chi connectivity index (χ3v) is 6.37. The molecule has 2 aromatic carbocycles. The van der Waals surface area contributed by atoms with Crippen LogP contribution in [-0.4, -0.2) is 33.0 Å². The highest BCUT2D eigenvalue weighted by Gasteiger charge is 2.20. The van der Waals surface area contributed by atoms with Gasteiger partial charge in [0.2, 0.25) is 12.7 Å². The Kier molecular flexibility index (Phi) is 5.83. The van der Waals surface area contributed by atoms with Crippen molar-refractivity contribution in [3.05, 3.63) is 81.2 Å². The summed E-state index contributed by atoms with van der Waals surface area (Å²) in [7, 11) is 1.76. The van der Waals surface area contributed by atoms with Gasteiger partial charge in [-0.05, 0) is 37.3 Å². The van der Waals surface area contributed by atoms with E-state index in [2.05, 4.69) is 15.6 Å². The SMILES string of the molecule is Cc1c(NC(=O)Cc2csc(NC(=O)c3ccc4c(c3)OCO4)n2)c(=O)n(-c2ccccc2)n1C. The first-order chi connectivity index (χ1) is 16.9. The summed E-state index contributed by atoms with van der Waals surface area (Å²) in [6.07, 6.45) is -0.0461. The van der Waals surface area contributed by atoms with Crippen LogP contribution in [0.4, 0.5) is 10.8 Å². The Labute approximate surface area is 203 Å². The largest absolute Gasteiger partial charge is 0.454 e. The summed E-state index contributed by atoms with van der Waals surface area (Å²) in [5.74, 6) is 0.370. The lowest BCUT2D eigenvalue weighted by molar-refractivity contribution is -0.115. The molecule has 2 aromatic heterocycles. The fourth-order valence-corrected chi connectivity index (χ4v) is 4.42. The number of hydrogen-bond acceptors (Lipinski definition) is 7. The molecule has 0 saturated carbocycles. The third kappa shape index (κ3) is 4.41. The molecule has 2 N–H and O–H groups in total. The Bertz CT molecular complexity index is 1490. The monoisotopic (exact) mass is 491 g/mol. The van der Waals surface area contributed by atoms with E-state index in [1.807, 2.05) is 30.3 Å². The zero-order chi connectivity index (χ0) is 24.5. The first kappa shape index (κ1) is 22.4. The summed E-state index contributed by atoms with van der Waals surface area (Å²) < 4.78 is 13.7.